The van der Waals surface area contributed by atoms with Gasteiger partial charge in [0, 0.05) is 13.0 Å². The van der Waals surface area contributed by atoms with E-state index in [0.29, 0.717) is 6.42 Å². The Balaban J connectivity index is 2.56. The largest absolute Gasteiger partial charge is 0.428 e. The molecule has 0 radical (unpaired) electrons. The third kappa shape index (κ3) is 5.85. The monoisotopic (exact) mass is 118 g/mol. The Morgan fingerprint density at radius 2 is 2.43 bits per heavy atom. The second-order valence-electron chi connectivity index (χ2n) is 1.30. The van der Waals surface area contributed by atoms with Gasteiger partial charge in [-0.2, -0.15) is 0 Å². The molecule has 42 valence electrons. The molecule has 0 atom stereocenters. The molecule has 0 N–H and O–H groups in total. The van der Waals surface area contributed by atoms with Crippen LogP contribution in [0.15, 0.2) is 0 Å². The fourth-order valence-electron chi connectivity index (χ4n) is 0.311. The Hall–Kier alpha value is -0.153. The molecule has 0 saturated carbocycles. The highest BCUT2D eigenvalue weighted by molar-refractivity contribution is 5.97. The number of hydrogen-bond donors (Lipinski definition) is 0. The van der Waals surface area contributed by atoms with Crippen molar-refractivity contribution in [3.63, 3.8) is 0 Å². The maximum Gasteiger partial charge on any atom is 0.145 e. The highest BCUT2D eigenvalue weighted by Crippen LogP contribution is 1.81. The van der Waals surface area contributed by atoms with Crippen molar-refractivity contribution in [3.8, 4) is 0 Å². The van der Waals surface area contributed by atoms with Gasteiger partial charge in [0.1, 0.15) is 16.8 Å². The van der Waals surface area contributed by atoms with Gasteiger partial charge in [-0.3, -0.25) is 0 Å². The van der Waals surface area contributed by atoms with Crippen molar-refractivity contribution >= 4 is 16.8 Å². The van der Waals surface area contributed by atoms with Crippen molar-refractivity contribution in [1.29, 1.82) is 0 Å². The molecule has 0 aliphatic carbocycles. The summed E-state index contributed by atoms with van der Waals surface area (Å²) >= 11 is 0. The molecule has 0 amide bonds. The number of carbonyl (C=O) groups is 1. The van der Waals surface area contributed by atoms with E-state index in [-0.39, 0.29) is 0 Å². The lowest BCUT2D eigenvalue weighted by Crippen LogP contribution is -1.88. The number of rotatable bonds is 4. The molecule has 0 aliphatic heterocycles. The molecule has 7 heavy (non-hydrogen) atoms. The molecule has 2 nitrogen and oxygen atoms in total. The molecule has 0 unspecified atom stereocenters. The van der Waals surface area contributed by atoms with E-state index < -0.39 is 0 Å². The second kappa shape index (κ2) is 5.85. The lowest BCUT2D eigenvalue weighted by molar-refractivity contribution is -0.108. The molecular weight excluding hydrogens is 108 g/mol. The molecule has 0 aromatic heterocycles. The smallest absolute Gasteiger partial charge is 0.145 e. The van der Waals surface area contributed by atoms with E-state index in [2.05, 4.69) is 0 Å². The molecule has 0 aromatic rings. The summed E-state index contributed by atoms with van der Waals surface area (Å²) in [4.78, 5) is 9.64. The van der Waals surface area contributed by atoms with E-state index in [1.165, 1.54) is 0 Å². The normalized spacial score (nSPS) is 9.14. The van der Waals surface area contributed by atoms with Crippen LogP contribution in [-0.4, -0.2) is 23.4 Å². The van der Waals surface area contributed by atoms with Crippen LogP contribution >= 0.6 is 0 Å². The molecule has 0 aliphatic rings. The zero-order chi connectivity index (χ0) is 5.54. The van der Waals surface area contributed by atoms with Crippen molar-refractivity contribution in [3.05, 3.63) is 0 Å². The second-order valence-corrected chi connectivity index (χ2v) is 1.88. The van der Waals surface area contributed by atoms with E-state index >= 15 is 0 Å². The van der Waals surface area contributed by atoms with Crippen LogP contribution in [0.25, 0.3) is 0 Å². The van der Waals surface area contributed by atoms with Crippen LogP contribution in [0.5, 0.6) is 0 Å². The van der Waals surface area contributed by atoms with Gasteiger partial charge >= 0.3 is 0 Å². The van der Waals surface area contributed by atoms with E-state index in [0.717, 1.165) is 29.8 Å². The first-order chi connectivity index (χ1) is 3.41. The van der Waals surface area contributed by atoms with Gasteiger partial charge < -0.3 is 9.22 Å². The molecule has 0 fully saturated rings. The van der Waals surface area contributed by atoms with Crippen molar-refractivity contribution in [1.82, 2.24) is 0 Å². The lowest BCUT2D eigenvalue weighted by atomic mass is 10.4. The van der Waals surface area contributed by atoms with Gasteiger partial charge in [0.05, 0.1) is 0 Å². The molecule has 0 aromatic carbocycles. The van der Waals surface area contributed by atoms with Gasteiger partial charge in [0.25, 0.3) is 0 Å². The predicted octanol–water partition coefficient (Wildman–Crippen LogP) is -0.738. The first kappa shape index (κ1) is 6.85. The Kier molecular flexibility index (Phi) is 5.72. The number of hydrogen-bond acceptors (Lipinski definition) is 2. The topological polar surface area (TPSA) is 26.3 Å². The Labute approximate surface area is 46.4 Å². The summed E-state index contributed by atoms with van der Waals surface area (Å²) in [7, 11) is 0.790. The number of unbranched alkanes of at least 4 members (excludes halogenated alkanes) is 1. The maximum absolute atomic E-state index is 9.64. The minimum Gasteiger partial charge on any atom is -0.428 e. The maximum atomic E-state index is 9.64. The fraction of sp³-hybridized carbons (Fsp3) is 0.750. The highest BCUT2D eigenvalue weighted by Gasteiger charge is 1.79. The van der Waals surface area contributed by atoms with Crippen LogP contribution in [0, 0.1) is 0 Å². The molecule has 0 heterocycles. The SMILES string of the molecule is O=CCCCO[SiH3]. The number of aldehydes is 1. The van der Waals surface area contributed by atoms with Crippen molar-refractivity contribution in [2.24, 2.45) is 0 Å². The predicted molar refractivity (Wildman–Crippen MR) is 31.2 cm³/mol. The van der Waals surface area contributed by atoms with Gasteiger partial charge in [-0.1, -0.05) is 0 Å². The Morgan fingerprint density at radius 1 is 1.71 bits per heavy atom. The Morgan fingerprint density at radius 3 is 2.86 bits per heavy atom. The third-order valence-electron chi connectivity index (χ3n) is 0.670. The highest BCUT2D eigenvalue weighted by atomic mass is 28.2. The van der Waals surface area contributed by atoms with Gasteiger partial charge in [0.2, 0.25) is 0 Å². The minimum atomic E-state index is 0.641. The summed E-state index contributed by atoms with van der Waals surface area (Å²) < 4.78 is 4.82. The van der Waals surface area contributed by atoms with Gasteiger partial charge in [-0.25, -0.2) is 0 Å². The quantitative estimate of drug-likeness (QED) is 0.276. The summed E-state index contributed by atoms with van der Waals surface area (Å²) in [6.45, 7) is 0.755. The standard InChI is InChI=1S/C4H10O2Si/c5-3-1-2-4-6-7/h3H,1-2,4H2,7H3. The van der Waals surface area contributed by atoms with Crippen LogP contribution in [0.3, 0.4) is 0 Å². The summed E-state index contributed by atoms with van der Waals surface area (Å²) in [5.41, 5.74) is 0. The zero-order valence-corrected chi connectivity index (χ0v) is 6.52. The summed E-state index contributed by atoms with van der Waals surface area (Å²) in [6.07, 6.45) is 2.44. The van der Waals surface area contributed by atoms with Crippen LogP contribution in [0.2, 0.25) is 0 Å². The third-order valence-corrected chi connectivity index (χ3v) is 1.08. The first-order valence-corrected chi connectivity index (χ1v) is 3.16. The van der Waals surface area contributed by atoms with E-state index in [4.69, 9.17) is 4.43 Å². The lowest BCUT2D eigenvalue weighted by Gasteiger charge is -1.89. The van der Waals surface area contributed by atoms with Crippen LogP contribution < -0.4 is 0 Å². The van der Waals surface area contributed by atoms with Gasteiger partial charge in [-0.15, -0.1) is 0 Å². The van der Waals surface area contributed by atoms with Gasteiger partial charge in [-0.05, 0) is 6.42 Å². The molecule has 0 saturated heterocycles. The zero-order valence-electron chi connectivity index (χ0n) is 4.52. The molecular formula is C4H10O2Si. The minimum absolute atomic E-state index is 0.641. The van der Waals surface area contributed by atoms with Crippen LogP contribution in [-0.2, 0) is 9.22 Å². The van der Waals surface area contributed by atoms with E-state index in [1.54, 1.807) is 0 Å². The van der Waals surface area contributed by atoms with Crippen molar-refractivity contribution < 1.29 is 9.22 Å². The molecule has 0 rings (SSSR count). The van der Waals surface area contributed by atoms with E-state index in [1.807, 2.05) is 0 Å². The molecule has 0 spiro atoms. The van der Waals surface area contributed by atoms with E-state index in [9.17, 15) is 4.79 Å². The summed E-state index contributed by atoms with van der Waals surface area (Å²) in [5, 5.41) is 0. The Bertz CT molecular complexity index is 47.0. The average Bonchev–Trinajstić information content (AvgIpc) is 1.69. The summed E-state index contributed by atoms with van der Waals surface area (Å²) in [6, 6.07) is 0. The fourth-order valence-corrected chi connectivity index (χ4v) is 0.600. The van der Waals surface area contributed by atoms with Crippen LogP contribution in [0.4, 0.5) is 0 Å². The number of carbonyl (C=O) groups excluding carboxylic acids is 1. The summed E-state index contributed by atoms with van der Waals surface area (Å²) in [5.74, 6) is 0. The van der Waals surface area contributed by atoms with Crippen LogP contribution in [0.1, 0.15) is 12.8 Å². The molecule has 0 bridgehead atoms. The van der Waals surface area contributed by atoms with Crippen molar-refractivity contribution in [2.75, 3.05) is 6.61 Å². The average molecular weight is 118 g/mol. The van der Waals surface area contributed by atoms with Gasteiger partial charge in [0.15, 0.2) is 0 Å². The molecule has 3 heteroatoms. The van der Waals surface area contributed by atoms with Crippen molar-refractivity contribution in [2.45, 2.75) is 12.8 Å². The first-order valence-electron chi connectivity index (χ1n) is 2.34.